The molecule has 5 rings (SSSR count). The van der Waals surface area contributed by atoms with Gasteiger partial charge in [-0.05, 0) is 53.1 Å². The second-order valence-corrected chi connectivity index (χ2v) is 8.29. The van der Waals surface area contributed by atoms with Crippen LogP contribution in [0.1, 0.15) is 11.3 Å². The number of carbonyl (C=O) groups excluding carboxylic acids is 1. The Bertz CT molecular complexity index is 1690. The number of para-hydroxylation sites is 2. The first-order valence-corrected chi connectivity index (χ1v) is 11.1. The van der Waals surface area contributed by atoms with Gasteiger partial charge in [-0.2, -0.15) is 5.10 Å². The number of nitro groups is 1. The second-order valence-electron chi connectivity index (χ2n) is 7.88. The Morgan fingerprint density at radius 1 is 1.27 bits per heavy atom. The maximum Gasteiger partial charge on any atom is 0.280 e. The number of amides is 1. The monoisotopic (exact) mass is 520 g/mol. The van der Waals surface area contributed by atoms with Gasteiger partial charge in [0.1, 0.15) is 18.1 Å². The van der Waals surface area contributed by atoms with E-state index >= 15 is 0 Å². The number of nitrogens with one attached hydrogen (secondary N) is 1. The number of hydrogen-bond donors (Lipinski definition) is 2. The Morgan fingerprint density at radius 2 is 2.08 bits per heavy atom. The van der Waals surface area contributed by atoms with Crippen molar-refractivity contribution in [3.8, 4) is 22.8 Å². The van der Waals surface area contributed by atoms with Gasteiger partial charge in [-0.1, -0.05) is 23.7 Å². The summed E-state index contributed by atoms with van der Waals surface area (Å²) in [5.41, 5.74) is 10.4. The van der Waals surface area contributed by atoms with Crippen molar-refractivity contribution in [2.24, 2.45) is 5.10 Å². The maximum absolute atomic E-state index is 12.7. The van der Waals surface area contributed by atoms with Crippen molar-refractivity contribution in [3.05, 3.63) is 75.0 Å². The minimum absolute atomic E-state index is 0.0405. The molecule has 13 nitrogen and oxygen atoms in total. The van der Waals surface area contributed by atoms with Crippen molar-refractivity contribution >= 4 is 46.3 Å². The predicted molar refractivity (Wildman–Crippen MR) is 134 cm³/mol. The summed E-state index contributed by atoms with van der Waals surface area (Å²) in [6, 6.07) is 13.2. The van der Waals surface area contributed by atoms with Crippen molar-refractivity contribution in [3.63, 3.8) is 0 Å². The second kappa shape index (κ2) is 9.54. The molecule has 0 spiro atoms. The number of fused-ring (bicyclic) bond motifs is 1. The lowest BCUT2D eigenvalue weighted by Crippen LogP contribution is -2.23. The maximum atomic E-state index is 12.7. The summed E-state index contributed by atoms with van der Waals surface area (Å²) in [6.07, 6.45) is 1.27. The van der Waals surface area contributed by atoms with Crippen LogP contribution in [0.25, 0.3) is 33.9 Å². The molecule has 2 aromatic carbocycles. The molecule has 3 aromatic heterocycles. The van der Waals surface area contributed by atoms with Crippen molar-refractivity contribution in [1.82, 2.24) is 25.3 Å². The Balaban J connectivity index is 1.34. The number of halogens is 1. The number of aromatic nitrogens is 4. The summed E-state index contributed by atoms with van der Waals surface area (Å²) in [4.78, 5) is 28.1. The zero-order valence-corrected chi connectivity index (χ0v) is 19.8. The van der Waals surface area contributed by atoms with Crippen molar-refractivity contribution < 1.29 is 18.8 Å². The number of nitro benzene ring substituents is 1. The van der Waals surface area contributed by atoms with Crippen molar-refractivity contribution in [1.29, 1.82) is 0 Å². The topological polar surface area (TPSA) is 180 Å². The number of benzene rings is 2. The van der Waals surface area contributed by atoms with Crippen molar-refractivity contribution in [2.75, 3.05) is 5.73 Å². The summed E-state index contributed by atoms with van der Waals surface area (Å²) in [7, 11) is 0. The van der Waals surface area contributed by atoms with Crippen LogP contribution < -0.4 is 11.2 Å². The highest BCUT2D eigenvalue weighted by Crippen LogP contribution is 2.35. The molecule has 0 atom stereocenters. The largest absolute Gasteiger partial charge is 0.455 e. The Kier molecular flexibility index (Phi) is 6.11. The van der Waals surface area contributed by atoms with Gasteiger partial charge in [0.2, 0.25) is 0 Å². The van der Waals surface area contributed by atoms with Crippen molar-refractivity contribution in [2.45, 2.75) is 13.5 Å². The zero-order chi connectivity index (χ0) is 26.1. The lowest BCUT2D eigenvalue weighted by Gasteiger charge is -2.06. The van der Waals surface area contributed by atoms with Crippen LogP contribution in [-0.4, -0.2) is 36.9 Å². The van der Waals surface area contributed by atoms with Gasteiger partial charge in [0, 0.05) is 11.1 Å². The molecule has 0 fully saturated rings. The van der Waals surface area contributed by atoms with Gasteiger partial charge in [-0.25, -0.2) is 15.0 Å². The molecule has 14 heteroatoms. The molecule has 0 radical (unpaired) electrons. The normalized spacial score (nSPS) is 11.4. The Morgan fingerprint density at radius 3 is 2.84 bits per heavy atom. The molecule has 0 unspecified atom stereocenters. The third kappa shape index (κ3) is 4.62. The molecule has 0 aliphatic heterocycles. The molecular formula is C23H17ClN8O5. The van der Waals surface area contributed by atoms with E-state index in [1.807, 2.05) is 12.1 Å². The van der Waals surface area contributed by atoms with E-state index < -0.39 is 10.8 Å². The lowest BCUT2D eigenvalue weighted by molar-refractivity contribution is -0.384. The van der Waals surface area contributed by atoms with E-state index in [1.165, 1.54) is 18.3 Å². The fourth-order valence-electron chi connectivity index (χ4n) is 3.70. The molecular weight excluding hydrogens is 504 g/mol. The first-order valence-electron chi connectivity index (χ1n) is 10.7. The molecule has 186 valence electrons. The van der Waals surface area contributed by atoms with Gasteiger partial charge in [-0.3, -0.25) is 14.9 Å². The first kappa shape index (κ1) is 23.7. The summed E-state index contributed by atoms with van der Waals surface area (Å²) in [6.45, 7) is 1.52. The van der Waals surface area contributed by atoms with E-state index in [9.17, 15) is 14.9 Å². The minimum Gasteiger partial charge on any atom is -0.455 e. The number of aryl methyl sites for hydroxylation is 1. The third-order valence-electron chi connectivity index (χ3n) is 5.43. The highest BCUT2D eigenvalue weighted by atomic mass is 35.5. The summed E-state index contributed by atoms with van der Waals surface area (Å²) >= 11 is 6.15. The molecule has 3 N–H and O–H groups in total. The molecule has 0 saturated carbocycles. The van der Waals surface area contributed by atoms with E-state index in [0.29, 0.717) is 27.4 Å². The number of nitrogens with two attached hydrogens (primary N) is 1. The van der Waals surface area contributed by atoms with Gasteiger partial charge in [0.25, 0.3) is 11.6 Å². The number of furan rings is 1. The van der Waals surface area contributed by atoms with Crippen LogP contribution in [-0.2, 0) is 11.3 Å². The molecule has 0 bridgehead atoms. The summed E-state index contributed by atoms with van der Waals surface area (Å²) in [5.74, 6) is 0.376. The Labute approximate surface area is 212 Å². The van der Waals surface area contributed by atoms with Gasteiger partial charge in [-0.15, -0.1) is 0 Å². The van der Waals surface area contributed by atoms with E-state index in [1.54, 1.807) is 35.8 Å². The predicted octanol–water partition coefficient (Wildman–Crippen LogP) is 3.95. The highest BCUT2D eigenvalue weighted by molar-refractivity contribution is 6.31. The van der Waals surface area contributed by atoms with Crippen LogP contribution in [0.4, 0.5) is 11.5 Å². The van der Waals surface area contributed by atoms with Crippen LogP contribution in [0.3, 0.4) is 0 Å². The number of anilines is 1. The fraction of sp³-hybridized carbons (Fsp3) is 0.0870. The molecule has 0 saturated heterocycles. The molecule has 37 heavy (non-hydrogen) atoms. The van der Waals surface area contributed by atoms with Crippen LogP contribution in [0, 0.1) is 17.0 Å². The quantitative estimate of drug-likeness (QED) is 0.182. The van der Waals surface area contributed by atoms with E-state index in [0.717, 1.165) is 0 Å². The zero-order valence-electron chi connectivity index (χ0n) is 19.1. The third-order valence-corrected chi connectivity index (χ3v) is 5.84. The molecule has 0 aliphatic rings. The average Bonchev–Trinajstić information content (AvgIpc) is 3.59. The standard InChI is InChI=1S/C23H17ClN8O5/c1-12-8-18(32(34)35)14(9-15(12)24)19-7-6-13(36-19)10-26-28-20(33)11-31-17-5-3-2-4-16(17)27-23(31)21-22(25)30-37-29-21/h2-10H,11H2,1H3,(H2,25,30)(H,28,33)/b26-10-. The van der Waals surface area contributed by atoms with Gasteiger partial charge < -0.3 is 14.7 Å². The molecule has 5 aromatic rings. The fourth-order valence-corrected chi connectivity index (χ4v) is 3.86. The molecule has 3 heterocycles. The number of nitrogens with zero attached hydrogens (tertiary/aromatic N) is 6. The van der Waals surface area contributed by atoms with Gasteiger partial charge >= 0.3 is 0 Å². The SMILES string of the molecule is Cc1cc([N+](=O)[O-])c(-c2ccc(/C=N\NC(=O)Cn3c(-c4nonc4N)nc4ccccc43)o2)cc1Cl. The number of carbonyl (C=O) groups is 1. The molecule has 0 aliphatic carbocycles. The number of rotatable bonds is 7. The minimum atomic E-state index is -0.508. The summed E-state index contributed by atoms with van der Waals surface area (Å²) < 4.78 is 12.0. The average molecular weight is 521 g/mol. The van der Waals surface area contributed by atoms with Crippen LogP contribution >= 0.6 is 11.6 Å². The van der Waals surface area contributed by atoms with Gasteiger partial charge in [0.05, 0.1) is 27.7 Å². The van der Waals surface area contributed by atoms with E-state index in [2.05, 4.69) is 30.5 Å². The van der Waals surface area contributed by atoms with Crippen LogP contribution in [0.15, 0.2) is 62.7 Å². The molecule has 1 amide bonds. The first-order chi connectivity index (χ1) is 17.8. The number of nitrogen functional groups attached to an aromatic ring is 1. The smallest absolute Gasteiger partial charge is 0.280 e. The lowest BCUT2D eigenvalue weighted by atomic mass is 10.1. The van der Waals surface area contributed by atoms with E-state index in [4.69, 9.17) is 21.8 Å². The van der Waals surface area contributed by atoms with Crippen LogP contribution in [0.2, 0.25) is 5.02 Å². The number of hydrogen-bond acceptors (Lipinski definition) is 10. The summed E-state index contributed by atoms with van der Waals surface area (Å²) in [5, 5.41) is 23.1. The van der Waals surface area contributed by atoms with Crippen LogP contribution in [0.5, 0.6) is 0 Å². The highest BCUT2D eigenvalue weighted by Gasteiger charge is 2.21. The van der Waals surface area contributed by atoms with E-state index in [-0.39, 0.29) is 40.8 Å². The number of hydrazone groups is 1. The van der Waals surface area contributed by atoms with Gasteiger partial charge in [0.15, 0.2) is 17.3 Å². The Hall–Kier alpha value is -5.04. The number of imidazole rings is 1.